The van der Waals surface area contributed by atoms with E-state index in [1.807, 2.05) is 6.07 Å². The lowest BCUT2D eigenvalue weighted by Crippen LogP contribution is -2.08. The molecule has 15 heavy (non-hydrogen) atoms. The molecule has 0 aromatic carbocycles. The van der Waals surface area contributed by atoms with Crippen molar-refractivity contribution in [2.75, 3.05) is 18.3 Å². The number of nitrogens with one attached hydrogen (secondary N) is 1. The second-order valence-electron chi connectivity index (χ2n) is 2.76. The first-order valence-corrected chi connectivity index (χ1v) is 5.48. The van der Waals surface area contributed by atoms with Crippen molar-refractivity contribution in [3.05, 3.63) is 23.9 Å². The number of hydrogen-bond acceptors (Lipinski definition) is 6. The van der Waals surface area contributed by atoms with E-state index in [4.69, 9.17) is 5.84 Å². The molecule has 1 aromatic rings. The summed E-state index contributed by atoms with van der Waals surface area (Å²) in [6, 6.07) is 3.69. The number of nitrogen functional groups attached to an aromatic ring is 1. The van der Waals surface area contributed by atoms with Crippen LogP contribution in [-0.4, -0.2) is 23.8 Å². The van der Waals surface area contributed by atoms with Gasteiger partial charge in [-0.25, -0.2) is 10.8 Å². The third-order valence-electron chi connectivity index (χ3n) is 1.69. The fraction of sp³-hybridized carbons (Fsp3) is 0.333. The topological polar surface area (TPSA) is 77.2 Å². The molecular formula is C9H13N3O2S. The van der Waals surface area contributed by atoms with Crippen molar-refractivity contribution in [1.82, 2.24) is 4.98 Å². The Balaban J connectivity index is 2.34. The zero-order valence-corrected chi connectivity index (χ0v) is 9.21. The Bertz CT molecular complexity index is 316. The predicted molar refractivity (Wildman–Crippen MR) is 60.2 cm³/mol. The van der Waals surface area contributed by atoms with Crippen molar-refractivity contribution < 1.29 is 9.53 Å². The van der Waals surface area contributed by atoms with E-state index in [-0.39, 0.29) is 5.97 Å². The number of hydrazine groups is 1. The van der Waals surface area contributed by atoms with Crippen molar-refractivity contribution in [2.45, 2.75) is 5.75 Å². The molecule has 5 nitrogen and oxygen atoms in total. The van der Waals surface area contributed by atoms with Crippen LogP contribution in [0.25, 0.3) is 0 Å². The molecule has 82 valence electrons. The van der Waals surface area contributed by atoms with Gasteiger partial charge in [0.2, 0.25) is 0 Å². The fourth-order valence-electron chi connectivity index (χ4n) is 0.906. The lowest BCUT2D eigenvalue weighted by Gasteiger charge is -2.02. The molecule has 0 atom stereocenters. The van der Waals surface area contributed by atoms with Gasteiger partial charge in [-0.15, -0.1) is 11.8 Å². The summed E-state index contributed by atoms with van der Waals surface area (Å²) in [5.41, 5.74) is 3.49. The molecule has 1 heterocycles. The normalized spacial score (nSPS) is 9.73. The van der Waals surface area contributed by atoms with Crippen LogP contribution in [0.4, 0.5) is 5.82 Å². The number of ether oxygens (including phenoxy) is 1. The number of nitrogens with zero attached hydrogens (tertiary/aromatic N) is 1. The van der Waals surface area contributed by atoms with Gasteiger partial charge in [0.15, 0.2) is 0 Å². The fourth-order valence-corrected chi connectivity index (χ4v) is 1.70. The van der Waals surface area contributed by atoms with Crippen LogP contribution in [-0.2, 0) is 15.3 Å². The number of thioether (sulfide) groups is 1. The van der Waals surface area contributed by atoms with Gasteiger partial charge in [-0.05, 0) is 11.6 Å². The number of pyridine rings is 1. The number of hydrogen-bond donors (Lipinski definition) is 2. The zero-order valence-electron chi connectivity index (χ0n) is 8.40. The number of nitrogens with two attached hydrogens (primary N) is 1. The second-order valence-corrected chi connectivity index (χ2v) is 3.75. The van der Waals surface area contributed by atoms with Gasteiger partial charge >= 0.3 is 5.97 Å². The molecule has 0 spiro atoms. The standard InChI is InChI=1S/C9H13N3O2S/c1-14-9(13)6-15-5-7-2-3-8(12-10)11-4-7/h2-4H,5-6,10H2,1H3,(H,11,12). The Morgan fingerprint density at radius 3 is 3.00 bits per heavy atom. The molecule has 3 N–H and O–H groups in total. The van der Waals surface area contributed by atoms with E-state index < -0.39 is 0 Å². The summed E-state index contributed by atoms with van der Waals surface area (Å²) < 4.78 is 4.52. The summed E-state index contributed by atoms with van der Waals surface area (Å²) >= 11 is 1.49. The Hall–Kier alpha value is -1.27. The summed E-state index contributed by atoms with van der Waals surface area (Å²) in [4.78, 5) is 14.9. The second kappa shape index (κ2) is 6.26. The maximum absolute atomic E-state index is 10.8. The Morgan fingerprint density at radius 2 is 2.47 bits per heavy atom. The van der Waals surface area contributed by atoms with Gasteiger partial charge in [-0.3, -0.25) is 4.79 Å². The number of anilines is 1. The number of esters is 1. The van der Waals surface area contributed by atoms with Gasteiger partial charge in [0.05, 0.1) is 12.9 Å². The molecule has 0 aliphatic rings. The SMILES string of the molecule is COC(=O)CSCc1ccc(NN)nc1. The summed E-state index contributed by atoms with van der Waals surface area (Å²) in [7, 11) is 1.38. The van der Waals surface area contributed by atoms with Crippen molar-refractivity contribution >= 4 is 23.5 Å². The molecule has 1 rings (SSSR count). The number of carbonyl (C=O) groups excluding carboxylic acids is 1. The van der Waals surface area contributed by atoms with Gasteiger partial charge in [-0.1, -0.05) is 6.07 Å². The average molecular weight is 227 g/mol. The van der Waals surface area contributed by atoms with Crippen LogP contribution in [0.15, 0.2) is 18.3 Å². The van der Waals surface area contributed by atoms with E-state index >= 15 is 0 Å². The summed E-state index contributed by atoms with van der Waals surface area (Å²) in [5.74, 6) is 6.67. The molecule has 0 bridgehead atoms. The maximum Gasteiger partial charge on any atom is 0.315 e. The van der Waals surface area contributed by atoms with Gasteiger partial charge < -0.3 is 10.2 Å². The van der Waals surface area contributed by atoms with Crippen molar-refractivity contribution in [1.29, 1.82) is 0 Å². The summed E-state index contributed by atoms with van der Waals surface area (Å²) in [6.07, 6.45) is 1.72. The monoisotopic (exact) mass is 227 g/mol. The molecule has 0 saturated heterocycles. The molecule has 0 radical (unpaired) electrons. The third kappa shape index (κ3) is 4.18. The van der Waals surface area contributed by atoms with Gasteiger partial charge in [-0.2, -0.15) is 0 Å². The van der Waals surface area contributed by atoms with Crippen LogP contribution in [0.3, 0.4) is 0 Å². The van der Waals surface area contributed by atoms with Gasteiger partial charge in [0.1, 0.15) is 5.82 Å². The number of methoxy groups -OCH3 is 1. The van der Waals surface area contributed by atoms with E-state index in [2.05, 4.69) is 15.1 Å². The lowest BCUT2D eigenvalue weighted by atomic mass is 10.3. The first kappa shape index (κ1) is 11.8. The van der Waals surface area contributed by atoms with Crippen LogP contribution >= 0.6 is 11.8 Å². The molecule has 0 amide bonds. The quantitative estimate of drug-likeness (QED) is 0.439. The minimum atomic E-state index is -0.215. The van der Waals surface area contributed by atoms with Crippen LogP contribution in [0.2, 0.25) is 0 Å². The minimum absolute atomic E-state index is 0.215. The van der Waals surface area contributed by atoms with E-state index in [0.29, 0.717) is 11.6 Å². The first-order chi connectivity index (χ1) is 7.26. The average Bonchev–Trinajstić information content (AvgIpc) is 2.29. The van der Waals surface area contributed by atoms with E-state index in [1.54, 1.807) is 12.3 Å². The zero-order chi connectivity index (χ0) is 11.1. The first-order valence-electron chi connectivity index (χ1n) is 4.32. The molecular weight excluding hydrogens is 214 g/mol. The maximum atomic E-state index is 10.8. The number of aromatic nitrogens is 1. The van der Waals surface area contributed by atoms with Crippen molar-refractivity contribution in [2.24, 2.45) is 5.84 Å². The molecule has 0 aliphatic carbocycles. The molecule has 0 fully saturated rings. The Labute approximate surface area is 92.4 Å². The van der Waals surface area contributed by atoms with E-state index in [9.17, 15) is 4.79 Å². The van der Waals surface area contributed by atoms with Gasteiger partial charge in [0, 0.05) is 11.9 Å². The van der Waals surface area contributed by atoms with Crippen molar-refractivity contribution in [3.63, 3.8) is 0 Å². The largest absolute Gasteiger partial charge is 0.468 e. The van der Waals surface area contributed by atoms with Crippen LogP contribution < -0.4 is 11.3 Å². The molecule has 0 aliphatic heterocycles. The molecule has 1 aromatic heterocycles. The van der Waals surface area contributed by atoms with E-state index in [0.717, 1.165) is 11.3 Å². The van der Waals surface area contributed by atoms with Crippen LogP contribution in [0.5, 0.6) is 0 Å². The van der Waals surface area contributed by atoms with Crippen molar-refractivity contribution in [3.8, 4) is 0 Å². The molecule has 0 unspecified atom stereocenters. The molecule has 6 heteroatoms. The Morgan fingerprint density at radius 1 is 1.67 bits per heavy atom. The Kier molecular flexibility index (Phi) is 4.92. The smallest absolute Gasteiger partial charge is 0.315 e. The van der Waals surface area contributed by atoms with Crippen LogP contribution in [0, 0.1) is 0 Å². The lowest BCUT2D eigenvalue weighted by molar-refractivity contribution is -0.137. The highest BCUT2D eigenvalue weighted by Crippen LogP contribution is 2.12. The highest BCUT2D eigenvalue weighted by molar-refractivity contribution is 7.99. The highest BCUT2D eigenvalue weighted by Gasteiger charge is 2.01. The third-order valence-corrected chi connectivity index (χ3v) is 2.67. The van der Waals surface area contributed by atoms with E-state index in [1.165, 1.54) is 18.9 Å². The minimum Gasteiger partial charge on any atom is -0.468 e. The summed E-state index contributed by atoms with van der Waals surface area (Å²) in [6.45, 7) is 0. The number of carbonyl (C=O) groups is 1. The summed E-state index contributed by atoms with van der Waals surface area (Å²) in [5, 5.41) is 0. The number of rotatable bonds is 5. The predicted octanol–water partition coefficient (Wildman–Crippen LogP) is 0.773. The molecule has 0 saturated carbocycles. The highest BCUT2D eigenvalue weighted by atomic mass is 32.2. The van der Waals surface area contributed by atoms with Crippen LogP contribution in [0.1, 0.15) is 5.56 Å². The van der Waals surface area contributed by atoms with Gasteiger partial charge in [0.25, 0.3) is 0 Å².